The van der Waals surface area contributed by atoms with Gasteiger partial charge in [-0.3, -0.25) is 14.8 Å². The van der Waals surface area contributed by atoms with Crippen LogP contribution in [0.15, 0.2) is 90.3 Å². The Hall–Kier alpha value is -3.38. The summed E-state index contributed by atoms with van der Waals surface area (Å²) >= 11 is 0. The van der Waals surface area contributed by atoms with Gasteiger partial charge in [0.15, 0.2) is 9.84 Å². The smallest absolute Gasteiger partial charge is 0.182 e. The molecule has 0 aliphatic heterocycles. The number of hydrogen-bond acceptors (Lipinski definition) is 5. The van der Waals surface area contributed by atoms with Crippen LogP contribution < -0.4 is 0 Å². The predicted molar refractivity (Wildman–Crippen MR) is 123 cm³/mol. The lowest BCUT2D eigenvalue weighted by atomic mass is 10.0. The largest absolute Gasteiger partial charge is 0.299 e. The van der Waals surface area contributed by atoms with E-state index in [1.807, 2.05) is 42.6 Å². The van der Waals surface area contributed by atoms with E-state index in [2.05, 4.69) is 9.97 Å². The topological polar surface area (TPSA) is 77.0 Å². The highest BCUT2D eigenvalue weighted by Crippen LogP contribution is 2.48. The molecule has 0 saturated heterocycles. The number of nitrogens with zero attached hydrogens (tertiary/aromatic N) is 2. The third-order valence-electron chi connectivity index (χ3n) is 6.03. The van der Waals surface area contributed by atoms with Gasteiger partial charge < -0.3 is 0 Å². The van der Waals surface area contributed by atoms with Crippen LogP contribution in [0.2, 0.25) is 0 Å². The first-order valence-electron chi connectivity index (χ1n) is 10.6. The number of fused-ring (bicyclic) bond motifs is 1. The van der Waals surface area contributed by atoms with Crippen molar-refractivity contribution in [2.24, 2.45) is 5.92 Å². The molecule has 5 rings (SSSR count). The number of Topliss-reactive ketones (excluding diaryl/α,β-unsaturated/α-hetero) is 1. The molecular formula is C26H22N2O3S. The van der Waals surface area contributed by atoms with Gasteiger partial charge in [0, 0.05) is 42.5 Å². The summed E-state index contributed by atoms with van der Waals surface area (Å²) < 4.78 is 25.4. The lowest BCUT2D eigenvalue weighted by molar-refractivity contribution is -0.119. The first-order valence-corrected chi connectivity index (χ1v) is 12.2. The van der Waals surface area contributed by atoms with Crippen molar-refractivity contribution in [2.75, 3.05) is 0 Å². The van der Waals surface area contributed by atoms with E-state index in [1.165, 1.54) is 0 Å². The minimum Gasteiger partial charge on any atom is -0.299 e. The van der Waals surface area contributed by atoms with Gasteiger partial charge >= 0.3 is 0 Å². The van der Waals surface area contributed by atoms with E-state index in [4.69, 9.17) is 0 Å². The number of carbonyl (C=O) groups excluding carboxylic acids is 1. The van der Waals surface area contributed by atoms with Gasteiger partial charge in [0.05, 0.1) is 10.6 Å². The van der Waals surface area contributed by atoms with Gasteiger partial charge in [0.1, 0.15) is 5.78 Å². The molecule has 2 unspecified atom stereocenters. The summed E-state index contributed by atoms with van der Waals surface area (Å²) in [5.41, 5.74) is 2.69. The van der Waals surface area contributed by atoms with Crippen LogP contribution in [0.25, 0.3) is 10.8 Å². The maximum absolute atomic E-state index is 12.8. The molecule has 1 aliphatic carbocycles. The maximum atomic E-state index is 12.8. The molecule has 0 spiro atoms. The summed E-state index contributed by atoms with van der Waals surface area (Å²) in [5, 5.41) is 2.15. The molecule has 4 aromatic rings. The molecule has 6 heteroatoms. The van der Waals surface area contributed by atoms with E-state index in [0.29, 0.717) is 16.9 Å². The quantitative estimate of drug-likeness (QED) is 0.421. The van der Waals surface area contributed by atoms with E-state index < -0.39 is 9.84 Å². The van der Waals surface area contributed by atoms with Crippen LogP contribution in [0.3, 0.4) is 0 Å². The average molecular weight is 443 g/mol. The molecular weight excluding hydrogens is 420 g/mol. The van der Waals surface area contributed by atoms with E-state index in [9.17, 15) is 13.2 Å². The Kier molecular flexibility index (Phi) is 5.31. The Labute approximate surface area is 187 Å². The molecule has 2 aromatic carbocycles. The summed E-state index contributed by atoms with van der Waals surface area (Å²) in [6.07, 6.45) is 7.99. The van der Waals surface area contributed by atoms with Crippen LogP contribution in [0.4, 0.5) is 0 Å². The van der Waals surface area contributed by atoms with Gasteiger partial charge in [-0.2, -0.15) is 0 Å². The Morgan fingerprint density at radius 3 is 2.47 bits per heavy atom. The summed E-state index contributed by atoms with van der Waals surface area (Å²) in [6.45, 7) is 0. The molecule has 0 N–H and O–H groups in total. The number of hydrogen-bond donors (Lipinski definition) is 0. The van der Waals surface area contributed by atoms with Crippen molar-refractivity contribution in [3.8, 4) is 0 Å². The summed E-state index contributed by atoms with van der Waals surface area (Å²) in [5.74, 6) is 0.326. The Balaban J connectivity index is 1.24. The number of pyridine rings is 2. The van der Waals surface area contributed by atoms with Crippen molar-refractivity contribution in [2.45, 2.75) is 29.4 Å². The molecule has 1 fully saturated rings. The molecule has 32 heavy (non-hydrogen) atoms. The van der Waals surface area contributed by atoms with Crippen molar-refractivity contribution in [1.29, 1.82) is 0 Å². The molecule has 0 bridgehead atoms. The number of sulfone groups is 1. The van der Waals surface area contributed by atoms with Gasteiger partial charge in [0.2, 0.25) is 0 Å². The van der Waals surface area contributed by atoms with Gasteiger partial charge in [0.25, 0.3) is 0 Å². The summed E-state index contributed by atoms with van der Waals surface area (Å²) in [4.78, 5) is 21.2. The van der Waals surface area contributed by atoms with Crippen LogP contribution in [0.1, 0.15) is 29.0 Å². The van der Waals surface area contributed by atoms with E-state index in [-0.39, 0.29) is 23.4 Å². The molecule has 0 radical (unpaired) electrons. The first kappa shape index (κ1) is 20.5. The van der Waals surface area contributed by atoms with Crippen molar-refractivity contribution in [3.63, 3.8) is 0 Å². The van der Waals surface area contributed by atoms with Crippen molar-refractivity contribution < 1.29 is 13.2 Å². The highest BCUT2D eigenvalue weighted by atomic mass is 32.2. The molecule has 0 amide bonds. The zero-order chi connectivity index (χ0) is 22.1. The van der Waals surface area contributed by atoms with Gasteiger partial charge in [-0.25, -0.2) is 8.42 Å². The summed E-state index contributed by atoms with van der Waals surface area (Å²) in [6, 6.07) is 18.5. The third-order valence-corrected chi connectivity index (χ3v) is 7.74. The minimum atomic E-state index is -3.44. The maximum Gasteiger partial charge on any atom is 0.182 e. The fourth-order valence-electron chi connectivity index (χ4n) is 4.20. The zero-order valence-corrected chi connectivity index (χ0v) is 18.2. The standard InChI is InChI=1S/C26H22N2O3S/c29-26(13-18-3-4-22-16-28-11-9-21(22)12-18)25-14-24(25)20-5-7-23(8-6-20)32(30,31)17-19-2-1-10-27-15-19/h1-12,15-16,24-25H,13-14,17H2. The number of ketones is 1. The first-order chi connectivity index (χ1) is 15.5. The van der Waals surface area contributed by atoms with Crippen LogP contribution in [0, 0.1) is 5.92 Å². The Bertz CT molecular complexity index is 1380. The van der Waals surface area contributed by atoms with Crippen LogP contribution in [0.5, 0.6) is 0 Å². The predicted octanol–water partition coefficient (Wildman–Crippen LogP) is 4.52. The van der Waals surface area contributed by atoms with Crippen LogP contribution in [-0.4, -0.2) is 24.2 Å². The van der Waals surface area contributed by atoms with Gasteiger partial charge in [-0.1, -0.05) is 36.4 Å². The molecule has 2 heterocycles. The van der Waals surface area contributed by atoms with E-state index >= 15 is 0 Å². The van der Waals surface area contributed by atoms with Crippen molar-refractivity contribution >= 4 is 26.4 Å². The molecule has 2 aromatic heterocycles. The Morgan fingerprint density at radius 1 is 0.875 bits per heavy atom. The average Bonchev–Trinajstić information content (AvgIpc) is 3.61. The zero-order valence-electron chi connectivity index (χ0n) is 17.4. The minimum absolute atomic E-state index is 0.000914. The fraction of sp³-hybridized carbons (Fsp3) is 0.192. The highest BCUT2D eigenvalue weighted by Gasteiger charge is 2.43. The van der Waals surface area contributed by atoms with Crippen molar-refractivity contribution in [3.05, 3.63) is 102 Å². The molecule has 2 atom stereocenters. The summed E-state index contributed by atoms with van der Waals surface area (Å²) in [7, 11) is -3.44. The monoisotopic (exact) mass is 442 g/mol. The van der Waals surface area contributed by atoms with Crippen LogP contribution in [-0.2, 0) is 26.8 Å². The van der Waals surface area contributed by atoms with Gasteiger partial charge in [-0.05, 0) is 58.7 Å². The highest BCUT2D eigenvalue weighted by molar-refractivity contribution is 7.90. The molecule has 160 valence electrons. The Morgan fingerprint density at radius 2 is 1.69 bits per heavy atom. The number of aromatic nitrogens is 2. The fourth-order valence-corrected chi connectivity index (χ4v) is 5.53. The lowest BCUT2D eigenvalue weighted by Crippen LogP contribution is -2.07. The second kappa shape index (κ2) is 8.28. The third kappa shape index (κ3) is 4.32. The normalized spacial score (nSPS) is 17.9. The van der Waals surface area contributed by atoms with E-state index in [1.54, 1.807) is 42.9 Å². The van der Waals surface area contributed by atoms with E-state index in [0.717, 1.165) is 28.3 Å². The molecule has 1 aliphatic rings. The lowest BCUT2D eigenvalue weighted by Gasteiger charge is -2.07. The molecule has 1 saturated carbocycles. The number of benzene rings is 2. The molecule has 5 nitrogen and oxygen atoms in total. The number of carbonyl (C=O) groups is 1. The van der Waals surface area contributed by atoms with Gasteiger partial charge in [-0.15, -0.1) is 0 Å². The van der Waals surface area contributed by atoms with Crippen molar-refractivity contribution in [1.82, 2.24) is 9.97 Å². The second-order valence-electron chi connectivity index (χ2n) is 8.34. The number of rotatable bonds is 7. The second-order valence-corrected chi connectivity index (χ2v) is 10.3. The SMILES string of the molecule is O=C(Cc1ccc2cnccc2c1)C1CC1c1ccc(S(=O)(=O)Cc2cccnc2)cc1. The van der Waals surface area contributed by atoms with Crippen LogP contribution >= 0.6 is 0 Å².